The molecule has 0 N–H and O–H groups in total. The largest absolute Gasteiger partial charge is 0.496 e. The highest BCUT2D eigenvalue weighted by molar-refractivity contribution is 7.89. The van der Waals surface area contributed by atoms with Crippen LogP contribution in [0.4, 0.5) is 0 Å². The summed E-state index contributed by atoms with van der Waals surface area (Å²) in [7, 11) is -2.03. The van der Waals surface area contributed by atoms with Crippen LogP contribution < -0.4 is 4.74 Å². The van der Waals surface area contributed by atoms with E-state index >= 15 is 0 Å². The van der Waals surface area contributed by atoms with Crippen molar-refractivity contribution >= 4 is 15.9 Å². The van der Waals surface area contributed by atoms with Crippen LogP contribution in [-0.2, 0) is 14.8 Å². The van der Waals surface area contributed by atoms with Crippen molar-refractivity contribution in [1.29, 1.82) is 0 Å². The second-order valence-corrected chi connectivity index (χ2v) is 8.80. The molecule has 1 aromatic rings. The first kappa shape index (κ1) is 18.2. The lowest BCUT2D eigenvalue weighted by molar-refractivity contribution is -0.135. The van der Waals surface area contributed by atoms with Gasteiger partial charge in [-0.3, -0.25) is 4.79 Å². The maximum Gasteiger partial charge on any atom is 0.243 e. The molecule has 3 rings (SSSR count). The molecule has 0 radical (unpaired) electrons. The minimum absolute atomic E-state index is 0.114. The molecule has 1 atom stereocenters. The number of rotatable bonds is 4. The normalized spacial score (nSPS) is 22.2. The van der Waals surface area contributed by atoms with Gasteiger partial charge in [0, 0.05) is 26.2 Å². The molecule has 25 heavy (non-hydrogen) atoms. The van der Waals surface area contributed by atoms with E-state index in [1.807, 2.05) is 11.8 Å². The molecule has 0 bridgehead atoms. The van der Waals surface area contributed by atoms with Crippen molar-refractivity contribution in [1.82, 2.24) is 9.21 Å². The molecule has 0 unspecified atom stereocenters. The van der Waals surface area contributed by atoms with Crippen LogP contribution in [0.25, 0.3) is 0 Å². The van der Waals surface area contributed by atoms with E-state index in [0.717, 1.165) is 44.3 Å². The van der Waals surface area contributed by atoms with Gasteiger partial charge in [0.05, 0.1) is 17.9 Å². The molecule has 0 spiro atoms. The molecule has 138 valence electrons. The van der Waals surface area contributed by atoms with Crippen molar-refractivity contribution in [3.63, 3.8) is 0 Å². The van der Waals surface area contributed by atoms with Gasteiger partial charge in [0.1, 0.15) is 5.75 Å². The molecule has 2 aliphatic rings. The number of sulfonamides is 1. The van der Waals surface area contributed by atoms with Crippen molar-refractivity contribution in [3.05, 3.63) is 23.8 Å². The predicted molar refractivity (Wildman–Crippen MR) is 95.0 cm³/mol. The van der Waals surface area contributed by atoms with Gasteiger partial charge in [0.15, 0.2) is 0 Å². The number of likely N-dealkylation sites (tertiary alicyclic amines) is 1. The fraction of sp³-hybridized carbons (Fsp3) is 0.611. The molecule has 1 amide bonds. The maximum absolute atomic E-state index is 13.0. The van der Waals surface area contributed by atoms with Gasteiger partial charge in [-0.05, 0) is 56.4 Å². The number of carbonyl (C=O) groups is 1. The molecule has 6 nitrogen and oxygen atoms in total. The Morgan fingerprint density at radius 2 is 1.88 bits per heavy atom. The first-order valence-electron chi connectivity index (χ1n) is 8.87. The van der Waals surface area contributed by atoms with Gasteiger partial charge in [0.25, 0.3) is 0 Å². The van der Waals surface area contributed by atoms with Crippen LogP contribution in [0.5, 0.6) is 5.75 Å². The van der Waals surface area contributed by atoms with E-state index in [2.05, 4.69) is 0 Å². The summed E-state index contributed by atoms with van der Waals surface area (Å²) in [5.74, 6) is 0.559. The van der Waals surface area contributed by atoms with Crippen LogP contribution in [0, 0.1) is 12.8 Å². The molecule has 2 fully saturated rings. The number of hydrogen-bond acceptors (Lipinski definition) is 4. The van der Waals surface area contributed by atoms with E-state index in [-0.39, 0.29) is 23.3 Å². The first-order chi connectivity index (χ1) is 11.9. The van der Waals surface area contributed by atoms with Crippen molar-refractivity contribution in [3.8, 4) is 5.75 Å². The lowest BCUT2D eigenvalue weighted by Gasteiger charge is -2.33. The number of piperidine rings is 1. The highest BCUT2D eigenvalue weighted by Crippen LogP contribution is 2.28. The summed E-state index contributed by atoms with van der Waals surface area (Å²) >= 11 is 0. The summed E-state index contributed by atoms with van der Waals surface area (Å²) in [6.45, 7) is 4.19. The second kappa shape index (κ2) is 7.33. The second-order valence-electron chi connectivity index (χ2n) is 6.87. The minimum atomic E-state index is -3.59. The molecule has 0 aromatic heterocycles. The van der Waals surface area contributed by atoms with Gasteiger partial charge in [-0.25, -0.2) is 8.42 Å². The summed E-state index contributed by atoms with van der Waals surface area (Å²) in [6.07, 6.45) is 3.58. The standard InChI is InChI=1S/C18H26N2O4S/c1-14-12-16(7-8-17(14)24-2)25(22,23)20-11-5-6-15(13-20)18(21)19-9-3-4-10-19/h7-8,12,15H,3-6,9-11,13H2,1-2H3/t15-/m0/s1. The third-order valence-electron chi connectivity index (χ3n) is 5.16. The van der Waals surface area contributed by atoms with Crippen LogP contribution in [0.3, 0.4) is 0 Å². The van der Waals surface area contributed by atoms with Gasteiger partial charge in [-0.15, -0.1) is 0 Å². The summed E-state index contributed by atoms with van der Waals surface area (Å²) in [5.41, 5.74) is 0.783. The van der Waals surface area contributed by atoms with Gasteiger partial charge in [0.2, 0.25) is 15.9 Å². The average Bonchev–Trinajstić information content (AvgIpc) is 3.15. The van der Waals surface area contributed by atoms with Crippen LogP contribution in [-0.4, -0.2) is 56.8 Å². The lowest BCUT2D eigenvalue weighted by atomic mass is 9.98. The third-order valence-corrected chi connectivity index (χ3v) is 7.02. The summed E-state index contributed by atoms with van der Waals surface area (Å²) < 4.78 is 32.7. The minimum Gasteiger partial charge on any atom is -0.496 e. The Morgan fingerprint density at radius 1 is 1.16 bits per heavy atom. The Balaban J connectivity index is 1.77. The predicted octanol–water partition coefficient (Wildman–Crippen LogP) is 2.03. The number of amides is 1. The number of methoxy groups -OCH3 is 1. The zero-order chi connectivity index (χ0) is 18.0. The number of benzene rings is 1. The quantitative estimate of drug-likeness (QED) is 0.818. The average molecular weight is 366 g/mol. The molecular formula is C18H26N2O4S. The number of nitrogens with zero attached hydrogens (tertiary/aromatic N) is 2. The third kappa shape index (κ3) is 3.67. The summed E-state index contributed by atoms with van der Waals surface area (Å²) in [6, 6.07) is 4.90. The molecule has 0 saturated carbocycles. The summed E-state index contributed by atoms with van der Waals surface area (Å²) in [4.78, 5) is 14.8. The number of carbonyl (C=O) groups excluding carboxylic acids is 1. The van der Waals surface area contributed by atoms with Gasteiger partial charge in [-0.1, -0.05) is 0 Å². The first-order valence-corrected chi connectivity index (χ1v) is 10.3. The smallest absolute Gasteiger partial charge is 0.243 e. The number of ether oxygens (including phenoxy) is 1. The highest BCUT2D eigenvalue weighted by Gasteiger charge is 2.35. The molecule has 2 aliphatic heterocycles. The van der Waals surface area contributed by atoms with Gasteiger partial charge >= 0.3 is 0 Å². The fourth-order valence-electron chi connectivity index (χ4n) is 3.72. The Bertz CT molecular complexity index is 741. The fourth-order valence-corrected chi connectivity index (χ4v) is 5.33. The monoisotopic (exact) mass is 366 g/mol. The van der Waals surface area contributed by atoms with Crippen LogP contribution in [0.15, 0.2) is 23.1 Å². The molecule has 0 aliphatic carbocycles. The van der Waals surface area contributed by atoms with Crippen molar-refractivity contribution in [2.24, 2.45) is 5.92 Å². The summed E-state index contributed by atoms with van der Waals surface area (Å²) in [5, 5.41) is 0. The Kier molecular flexibility index (Phi) is 5.34. The lowest BCUT2D eigenvalue weighted by Crippen LogP contribution is -2.46. The van der Waals surface area contributed by atoms with Crippen molar-refractivity contribution in [2.75, 3.05) is 33.3 Å². The van der Waals surface area contributed by atoms with Crippen LogP contribution >= 0.6 is 0 Å². The van der Waals surface area contributed by atoms with Crippen LogP contribution in [0.2, 0.25) is 0 Å². The maximum atomic E-state index is 13.0. The molecule has 2 saturated heterocycles. The van der Waals surface area contributed by atoms with E-state index in [9.17, 15) is 13.2 Å². The zero-order valence-corrected chi connectivity index (χ0v) is 15.7. The van der Waals surface area contributed by atoms with E-state index in [4.69, 9.17) is 4.74 Å². The van der Waals surface area contributed by atoms with E-state index in [1.165, 1.54) is 4.31 Å². The van der Waals surface area contributed by atoms with E-state index in [0.29, 0.717) is 12.3 Å². The Morgan fingerprint density at radius 3 is 2.52 bits per heavy atom. The molecule has 7 heteroatoms. The number of aryl methyl sites for hydroxylation is 1. The Hall–Kier alpha value is -1.60. The highest BCUT2D eigenvalue weighted by atomic mass is 32.2. The number of hydrogen-bond donors (Lipinski definition) is 0. The van der Waals surface area contributed by atoms with E-state index < -0.39 is 10.0 Å². The SMILES string of the molecule is COc1ccc(S(=O)(=O)N2CCC[C@H](C(=O)N3CCCC3)C2)cc1C. The van der Waals surface area contributed by atoms with Gasteiger partial charge < -0.3 is 9.64 Å². The van der Waals surface area contributed by atoms with Crippen LogP contribution in [0.1, 0.15) is 31.2 Å². The topological polar surface area (TPSA) is 66.9 Å². The Labute approximate surface area is 149 Å². The molecule has 2 heterocycles. The van der Waals surface area contributed by atoms with E-state index in [1.54, 1.807) is 25.3 Å². The molecular weight excluding hydrogens is 340 g/mol. The van der Waals surface area contributed by atoms with Crippen molar-refractivity contribution in [2.45, 2.75) is 37.5 Å². The van der Waals surface area contributed by atoms with Gasteiger partial charge in [-0.2, -0.15) is 4.31 Å². The zero-order valence-electron chi connectivity index (χ0n) is 14.9. The van der Waals surface area contributed by atoms with Crippen molar-refractivity contribution < 1.29 is 17.9 Å². The molecule has 1 aromatic carbocycles.